The van der Waals surface area contributed by atoms with Crippen molar-refractivity contribution in [3.8, 4) is 0 Å². The first-order chi connectivity index (χ1) is 13.0. The zero-order valence-electron chi connectivity index (χ0n) is 16.6. The molecule has 28 heavy (non-hydrogen) atoms. The van der Waals surface area contributed by atoms with Gasteiger partial charge in [0.05, 0.1) is 13.2 Å². The summed E-state index contributed by atoms with van der Waals surface area (Å²) >= 11 is 0. The van der Waals surface area contributed by atoms with Crippen molar-refractivity contribution < 1.29 is 36.3 Å². The zero-order valence-corrected chi connectivity index (χ0v) is 17.5. The second-order valence-corrected chi connectivity index (χ2v) is 8.44. The van der Waals surface area contributed by atoms with E-state index in [1.807, 2.05) is 0 Å². The number of hydrogen-bond acceptors (Lipinski definition) is 5. The summed E-state index contributed by atoms with van der Waals surface area (Å²) in [5.74, 6) is -3.32. The quantitative estimate of drug-likeness (QED) is 0.561. The first-order valence-corrected chi connectivity index (χ1v) is 10.5. The maximum absolute atomic E-state index is 14.0. The summed E-state index contributed by atoms with van der Waals surface area (Å²) in [7, 11) is -3.12. The molecular weight excluding hydrogens is 398 g/mol. The van der Waals surface area contributed by atoms with Crippen LogP contribution >= 0.6 is 7.60 Å². The number of ether oxygens (including phenoxy) is 1. The van der Waals surface area contributed by atoms with Gasteiger partial charge in [-0.05, 0) is 19.8 Å². The maximum Gasteiger partial charge on any atom is 0.430 e. The number of halogens is 3. The lowest BCUT2D eigenvalue weighted by Gasteiger charge is -2.36. The molecule has 160 valence electrons. The Morgan fingerprint density at radius 3 is 1.96 bits per heavy atom. The number of rotatable bonds is 10. The number of hydrogen-bond donors (Lipinski definition) is 1. The molecule has 1 aromatic carbocycles. The normalized spacial score (nSPS) is 15.9. The molecule has 1 amide bonds. The van der Waals surface area contributed by atoms with Crippen molar-refractivity contribution in [3.63, 3.8) is 0 Å². The molecule has 1 aromatic rings. The van der Waals surface area contributed by atoms with Gasteiger partial charge in [0, 0.05) is 12.7 Å². The Bertz CT molecular complexity index is 674. The molecule has 0 unspecified atom stereocenters. The molecule has 0 saturated heterocycles. The van der Waals surface area contributed by atoms with Crippen molar-refractivity contribution >= 4 is 13.5 Å². The summed E-state index contributed by atoms with van der Waals surface area (Å²) in [5.41, 5.74) is -3.67. The number of alkyl halides is 3. The van der Waals surface area contributed by atoms with Crippen molar-refractivity contribution in [2.24, 2.45) is 5.92 Å². The lowest BCUT2D eigenvalue weighted by atomic mass is 9.91. The molecule has 0 spiro atoms. The Hall–Kier alpha value is -1.41. The molecule has 0 fully saturated rings. The Balaban J connectivity index is 3.44. The summed E-state index contributed by atoms with van der Waals surface area (Å²) in [6, 6.07) is 6.55. The van der Waals surface area contributed by atoms with Crippen molar-refractivity contribution in [1.29, 1.82) is 0 Å². The monoisotopic (exact) mass is 425 g/mol. The molecule has 0 saturated carbocycles. The van der Waals surface area contributed by atoms with Gasteiger partial charge in [0.25, 0.3) is 11.5 Å². The third-order valence-electron chi connectivity index (χ3n) is 4.07. The van der Waals surface area contributed by atoms with E-state index in [4.69, 9.17) is 13.8 Å². The van der Waals surface area contributed by atoms with Gasteiger partial charge in [-0.15, -0.1) is 0 Å². The van der Waals surface area contributed by atoms with Gasteiger partial charge in [0.1, 0.15) is 5.78 Å². The van der Waals surface area contributed by atoms with E-state index < -0.39 is 42.5 Å². The number of amides is 1. The minimum absolute atomic E-state index is 0.00372. The topological polar surface area (TPSA) is 73.9 Å². The van der Waals surface area contributed by atoms with Gasteiger partial charge in [-0.3, -0.25) is 9.36 Å². The van der Waals surface area contributed by atoms with Gasteiger partial charge in [-0.2, -0.15) is 13.2 Å². The van der Waals surface area contributed by atoms with Crippen LogP contribution in [0.25, 0.3) is 0 Å². The summed E-state index contributed by atoms with van der Waals surface area (Å²) in [4.78, 5) is 12.9. The minimum atomic E-state index is -5.07. The molecule has 10 heteroatoms. The van der Waals surface area contributed by atoms with Crippen LogP contribution in [0, 0.1) is 5.92 Å². The van der Waals surface area contributed by atoms with Gasteiger partial charge in [0.2, 0.25) is 0 Å². The number of methoxy groups -OCH3 is 1. The van der Waals surface area contributed by atoms with Gasteiger partial charge in [-0.1, -0.05) is 44.2 Å². The molecule has 0 heterocycles. The van der Waals surface area contributed by atoms with Crippen LogP contribution in [0.5, 0.6) is 0 Å². The fourth-order valence-electron chi connectivity index (χ4n) is 2.83. The minimum Gasteiger partial charge on any atom is -0.356 e. The van der Waals surface area contributed by atoms with Crippen LogP contribution in [0.4, 0.5) is 13.2 Å². The van der Waals surface area contributed by atoms with Crippen LogP contribution in [0.3, 0.4) is 0 Å². The Kier molecular flexibility index (Phi) is 8.68. The third-order valence-corrected chi connectivity index (χ3v) is 6.72. The van der Waals surface area contributed by atoms with Gasteiger partial charge < -0.3 is 19.1 Å². The molecule has 0 aliphatic heterocycles. The first kappa shape index (κ1) is 24.6. The second kappa shape index (κ2) is 9.87. The van der Waals surface area contributed by atoms with Crippen LogP contribution < -0.4 is 5.32 Å². The fourth-order valence-corrected chi connectivity index (χ4v) is 4.95. The molecule has 0 aliphatic carbocycles. The average Bonchev–Trinajstić information content (AvgIpc) is 2.60. The van der Waals surface area contributed by atoms with Crippen molar-refractivity contribution in [1.82, 2.24) is 5.32 Å². The highest BCUT2D eigenvalue weighted by Crippen LogP contribution is 2.55. The fraction of sp³-hybridized carbons (Fsp3) is 0.611. The molecule has 0 aliphatic rings. The zero-order chi connectivity index (χ0) is 21.6. The van der Waals surface area contributed by atoms with E-state index in [0.29, 0.717) is 0 Å². The van der Waals surface area contributed by atoms with E-state index in [2.05, 4.69) is 5.32 Å². The van der Waals surface area contributed by atoms with E-state index in [0.717, 1.165) is 19.2 Å². The predicted octanol–water partition coefficient (Wildman–Crippen LogP) is 4.46. The lowest BCUT2D eigenvalue weighted by Crippen LogP contribution is -2.58. The van der Waals surface area contributed by atoms with Crippen molar-refractivity contribution in [2.75, 3.05) is 20.3 Å². The number of benzene rings is 1. The van der Waals surface area contributed by atoms with Gasteiger partial charge in [0.15, 0.2) is 0 Å². The van der Waals surface area contributed by atoms with E-state index in [1.54, 1.807) is 27.7 Å². The summed E-state index contributed by atoms with van der Waals surface area (Å²) in [6.45, 7) is 6.35. The molecule has 6 nitrogen and oxygen atoms in total. The Morgan fingerprint density at radius 2 is 1.61 bits per heavy atom. The lowest BCUT2D eigenvalue weighted by molar-refractivity contribution is -0.266. The Morgan fingerprint density at radius 1 is 1.11 bits per heavy atom. The number of carbonyl (C=O) groups is 1. The van der Waals surface area contributed by atoms with Gasteiger partial charge in [-0.25, -0.2) is 0 Å². The van der Waals surface area contributed by atoms with Crippen LogP contribution in [0.15, 0.2) is 30.3 Å². The smallest absolute Gasteiger partial charge is 0.356 e. The maximum atomic E-state index is 14.0. The SMILES string of the molecule is CCOP(=O)(OCC)[C@H](NC(=O)[C@@](OC)(c1ccccc1)C(F)(F)F)C(C)C. The van der Waals surface area contributed by atoms with E-state index in [1.165, 1.54) is 18.2 Å². The molecule has 1 rings (SSSR count). The largest absolute Gasteiger partial charge is 0.430 e. The van der Waals surface area contributed by atoms with Crippen molar-refractivity contribution in [3.05, 3.63) is 35.9 Å². The molecule has 2 atom stereocenters. The standard InChI is InChI=1S/C18H27F3NO5P/c1-6-26-28(24,27-7-2)15(13(3)4)22-16(23)17(25-5,18(19,20)21)14-11-9-8-10-12-14/h8-13,15H,6-7H2,1-5H3,(H,22,23)/t15-,17-/m0/s1. The molecule has 0 bridgehead atoms. The predicted molar refractivity (Wildman–Crippen MR) is 98.8 cm³/mol. The van der Waals surface area contributed by atoms with E-state index in [-0.39, 0.29) is 13.2 Å². The van der Waals surface area contributed by atoms with E-state index >= 15 is 0 Å². The summed E-state index contributed by atoms with van der Waals surface area (Å²) in [6.07, 6.45) is -5.07. The third kappa shape index (κ3) is 4.95. The molecule has 0 radical (unpaired) electrons. The number of nitrogens with one attached hydrogen (secondary N) is 1. The van der Waals surface area contributed by atoms with Crippen LogP contribution in [0.1, 0.15) is 33.3 Å². The van der Waals surface area contributed by atoms with Crippen LogP contribution in [-0.4, -0.2) is 38.2 Å². The highest BCUT2D eigenvalue weighted by molar-refractivity contribution is 7.54. The highest BCUT2D eigenvalue weighted by atomic mass is 31.2. The van der Waals surface area contributed by atoms with Crippen LogP contribution in [0.2, 0.25) is 0 Å². The first-order valence-electron chi connectivity index (χ1n) is 8.87. The summed E-state index contributed by atoms with van der Waals surface area (Å²) < 4.78 is 70.4. The van der Waals surface area contributed by atoms with Crippen LogP contribution in [-0.2, 0) is 28.7 Å². The average molecular weight is 425 g/mol. The molecule has 0 aromatic heterocycles. The summed E-state index contributed by atoms with van der Waals surface area (Å²) in [5, 5.41) is 2.23. The van der Waals surface area contributed by atoms with Gasteiger partial charge >= 0.3 is 13.8 Å². The van der Waals surface area contributed by atoms with Crippen molar-refractivity contribution in [2.45, 2.75) is 45.3 Å². The second-order valence-electron chi connectivity index (χ2n) is 6.29. The van der Waals surface area contributed by atoms with E-state index in [9.17, 15) is 22.5 Å². The number of carbonyl (C=O) groups excluding carboxylic acids is 1. The molecular formula is C18H27F3NO5P. The molecule has 1 N–H and O–H groups in total. The Labute approximate surface area is 163 Å². The highest BCUT2D eigenvalue weighted by Gasteiger charge is 2.63.